The van der Waals surface area contributed by atoms with E-state index in [9.17, 15) is 4.79 Å². The van der Waals surface area contributed by atoms with E-state index in [4.69, 9.17) is 4.74 Å². The Labute approximate surface area is 167 Å². The molecule has 2 aromatic carbocycles. The third-order valence-corrected chi connectivity index (χ3v) is 5.52. The summed E-state index contributed by atoms with van der Waals surface area (Å²) in [6, 6.07) is 13.1. The summed E-state index contributed by atoms with van der Waals surface area (Å²) in [5.41, 5.74) is 1.88. The lowest BCUT2D eigenvalue weighted by Crippen LogP contribution is -2.47. The average Bonchev–Trinajstić information content (AvgIpc) is 2.85. The number of ether oxygens (including phenoxy) is 1. The predicted octanol–water partition coefficient (Wildman–Crippen LogP) is 3.63. The number of benzene rings is 2. The first kappa shape index (κ1) is 16.5. The van der Waals surface area contributed by atoms with Gasteiger partial charge in [-0.15, -0.1) is 10.2 Å². The highest BCUT2D eigenvalue weighted by atomic mass is 79.9. The summed E-state index contributed by atoms with van der Waals surface area (Å²) >= 11 is 4.83. The van der Waals surface area contributed by atoms with E-state index in [2.05, 4.69) is 41.7 Å². The first-order valence-corrected chi connectivity index (χ1v) is 10.1. The molecule has 0 saturated heterocycles. The van der Waals surface area contributed by atoms with Crippen LogP contribution in [0.5, 0.6) is 5.88 Å². The zero-order valence-electron chi connectivity index (χ0n) is 14.0. The molecular weight excluding hydrogens is 430 g/mol. The van der Waals surface area contributed by atoms with Gasteiger partial charge in [-0.1, -0.05) is 45.9 Å². The lowest BCUT2D eigenvalue weighted by atomic mass is 10.0. The van der Waals surface area contributed by atoms with Crippen LogP contribution in [0.15, 0.2) is 52.1 Å². The van der Waals surface area contributed by atoms with Crippen LogP contribution in [0.2, 0.25) is 0 Å². The molecule has 1 amide bonds. The van der Waals surface area contributed by atoms with Gasteiger partial charge in [0.1, 0.15) is 0 Å². The molecule has 2 N–H and O–H groups in total. The van der Waals surface area contributed by atoms with Crippen LogP contribution in [-0.2, 0) is 10.5 Å². The van der Waals surface area contributed by atoms with Crippen LogP contribution in [0.25, 0.3) is 11.3 Å². The minimum atomic E-state index is -1.45. The quantitative estimate of drug-likeness (QED) is 0.557. The second-order valence-corrected chi connectivity index (χ2v) is 7.74. The Bertz CT molecular complexity index is 1110. The van der Waals surface area contributed by atoms with E-state index in [0.29, 0.717) is 27.8 Å². The number of amides is 1. The molecule has 1 atom stereocenters. The molecule has 1 aromatic heterocycles. The number of carbonyl (C=O) groups excluding carboxylic acids is 1. The number of thioether (sulfide) groups is 1. The van der Waals surface area contributed by atoms with E-state index in [1.54, 1.807) is 0 Å². The van der Waals surface area contributed by atoms with E-state index in [1.807, 2.05) is 48.7 Å². The van der Waals surface area contributed by atoms with E-state index in [1.165, 1.54) is 11.8 Å². The minimum Gasteiger partial charge on any atom is -0.435 e. The molecule has 3 heterocycles. The zero-order chi connectivity index (χ0) is 18.6. The Balaban J connectivity index is 1.80. The molecule has 1 spiro atoms. The normalized spacial score (nSPS) is 19.3. The molecular formula is C18H12BrN5O2S. The highest BCUT2D eigenvalue weighted by Crippen LogP contribution is 2.46. The van der Waals surface area contributed by atoms with Crippen LogP contribution in [0.1, 0.15) is 5.56 Å². The third kappa shape index (κ3) is 2.42. The molecule has 0 radical (unpaired) electrons. The largest absolute Gasteiger partial charge is 0.435 e. The molecule has 7 nitrogen and oxygen atoms in total. The number of carbonyl (C=O) groups is 1. The lowest BCUT2D eigenvalue weighted by molar-refractivity contribution is -0.128. The van der Waals surface area contributed by atoms with E-state index < -0.39 is 5.72 Å². The van der Waals surface area contributed by atoms with E-state index in [0.717, 1.165) is 10.0 Å². The summed E-state index contributed by atoms with van der Waals surface area (Å²) in [5.74, 6) is -0.0580. The maximum absolute atomic E-state index is 13.1. The number of nitrogens with one attached hydrogen (secondary N) is 2. The number of hydrogen-bond acceptors (Lipinski definition) is 7. The van der Waals surface area contributed by atoms with Gasteiger partial charge in [-0.3, -0.25) is 4.79 Å². The second kappa shape index (κ2) is 5.93. The summed E-state index contributed by atoms with van der Waals surface area (Å²) in [6.07, 6.45) is 1.86. The fourth-order valence-corrected chi connectivity index (χ4v) is 3.92. The Morgan fingerprint density at radius 2 is 2.00 bits per heavy atom. The number of aromatic nitrogens is 3. The van der Waals surface area contributed by atoms with Crippen LogP contribution in [0, 0.1) is 0 Å². The standard InChI is InChI=1S/C18H12BrN5O2S/c1-27-17-21-15-14(23-24-17)10-4-2-3-5-12(10)22-18(26-15)11-8-9(19)6-7-13(11)20-16(18)25/h2-8,22H,1H3,(H,20,25)/t18-/m1/s1. The first-order valence-electron chi connectivity index (χ1n) is 8.07. The molecule has 134 valence electrons. The van der Waals surface area contributed by atoms with Gasteiger partial charge >= 0.3 is 0 Å². The van der Waals surface area contributed by atoms with Gasteiger partial charge in [-0.2, -0.15) is 4.98 Å². The highest BCUT2D eigenvalue weighted by Gasteiger charge is 2.52. The Kier molecular flexibility index (Phi) is 3.63. The molecule has 2 aliphatic heterocycles. The molecule has 3 aromatic rings. The molecule has 0 unspecified atom stereocenters. The van der Waals surface area contributed by atoms with Crippen molar-refractivity contribution in [2.45, 2.75) is 10.9 Å². The number of hydrogen-bond donors (Lipinski definition) is 2. The summed E-state index contributed by atoms with van der Waals surface area (Å²) in [6.45, 7) is 0. The topological polar surface area (TPSA) is 89.0 Å². The van der Waals surface area contributed by atoms with E-state index in [-0.39, 0.29) is 11.8 Å². The molecule has 27 heavy (non-hydrogen) atoms. The van der Waals surface area contributed by atoms with Crippen molar-refractivity contribution < 1.29 is 9.53 Å². The van der Waals surface area contributed by atoms with Crippen molar-refractivity contribution >= 4 is 45.0 Å². The Hall–Kier alpha value is -2.65. The van der Waals surface area contributed by atoms with Gasteiger partial charge in [0.15, 0.2) is 5.69 Å². The second-order valence-electron chi connectivity index (χ2n) is 6.05. The van der Waals surface area contributed by atoms with Crippen molar-refractivity contribution in [1.29, 1.82) is 0 Å². The maximum atomic E-state index is 13.1. The SMILES string of the molecule is CSc1nnc2c(n1)O[C@@]1(Nc3ccccc3-2)C(=O)Nc2ccc(Br)cc21. The molecule has 0 fully saturated rings. The third-order valence-electron chi connectivity index (χ3n) is 4.49. The summed E-state index contributed by atoms with van der Waals surface area (Å²) in [4.78, 5) is 17.5. The predicted molar refractivity (Wildman–Crippen MR) is 106 cm³/mol. The van der Waals surface area contributed by atoms with Crippen LogP contribution in [0.4, 0.5) is 11.4 Å². The molecule has 5 rings (SSSR count). The van der Waals surface area contributed by atoms with Gasteiger partial charge in [0, 0.05) is 15.7 Å². The van der Waals surface area contributed by atoms with Gasteiger partial charge in [-0.25, -0.2) is 0 Å². The van der Waals surface area contributed by atoms with Crippen LogP contribution in [-0.4, -0.2) is 27.3 Å². The Morgan fingerprint density at radius 3 is 2.85 bits per heavy atom. The smallest absolute Gasteiger partial charge is 0.295 e. The van der Waals surface area contributed by atoms with Crippen LogP contribution in [0.3, 0.4) is 0 Å². The van der Waals surface area contributed by atoms with Gasteiger partial charge in [-0.05, 0) is 30.5 Å². The molecule has 9 heteroatoms. The number of rotatable bonds is 1. The number of para-hydroxylation sites is 1. The van der Waals surface area contributed by atoms with Crippen molar-refractivity contribution in [3.05, 3.63) is 52.5 Å². The monoisotopic (exact) mass is 441 g/mol. The number of fused-ring (bicyclic) bond motifs is 5. The van der Waals surface area contributed by atoms with Crippen LogP contribution >= 0.6 is 27.7 Å². The van der Waals surface area contributed by atoms with Crippen molar-refractivity contribution in [3.8, 4) is 17.1 Å². The van der Waals surface area contributed by atoms with E-state index >= 15 is 0 Å². The molecule has 0 saturated carbocycles. The Morgan fingerprint density at radius 1 is 1.15 bits per heavy atom. The van der Waals surface area contributed by atoms with Gasteiger partial charge in [0.05, 0.1) is 11.3 Å². The van der Waals surface area contributed by atoms with Crippen LogP contribution < -0.4 is 15.4 Å². The van der Waals surface area contributed by atoms with Gasteiger partial charge < -0.3 is 15.4 Å². The molecule has 0 aliphatic carbocycles. The fourth-order valence-electron chi connectivity index (χ4n) is 3.26. The lowest BCUT2D eigenvalue weighted by Gasteiger charge is -2.28. The number of anilines is 2. The van der Waals surface area contributed by atoms with Gasteiger partial charge in [0.2, 0.25) is 11.0 Å². The number of halogens is 1. The molecule has 0 bridgehead atoms. The highest BCUT2D eigenvalue weighted by molar-refractivity contribution is 9.10. The summed E-state index contributed by atoms with van der Waals surface area (Å²) in [5, 5.41) is 15.1. The van der Waals surface area contributed by atoms with Gasteiger partial charge in [0.25, 0.3) is 11.6 Å². The summed E-state index contributed by atoms with van der Waals surface area (Å²) in [7, 11) is 0. The minimum absolute atomic E-state index is 0.259. The van der Waals surface area contributed by atoms with Crippen molar-refractivity contribution in [3.63, 3.8) is 0 Å². The number of nitrogens with zero attached hydrogens (tertiary/aromatic N) is 3. The average molecular weight is 442 g/mol. The fraction of sp³-hybridized carbons (Fsp3) is 0.111. The summed E-state index contributed by atoms with van der Waals surface area (Å²) < 4.78 is 7.09. The molecule has 2 aliphatic rings. The van der Waals surface area contributed by atoms with Crippen molar-refractivity contribution in [2.24, 2.45) is 0 Å². The maximum Gasteiger partial charge on any atom is 0.295 e. The van der Waals surface area contributed by atoms with Crippen molar-refractivity contribution in [2.75, 3.05) is 16.9 Å². The van der Waals surface area contributed by atoms with Crippen molar-refractivity contribution in [1.82, 2.24) is 15.2 Å². The first-order chi connectivity index (χ1) is 13.1. The zero-order valence-corrected chi connectivity index (χ0v) is 16.4.